The molecule has 0 radical (unpaired) electrons. The summed E-state index contributed by atoms with van der Waals surface area (Å²) in [7, 11) is 0. The topological polar surface area (TPSA) is 55.1 Å². The molecule has 1 atom stereocenters. The van der Waals surface area contributed by atoms with Crippen LogP contribution in [0.5, 0.6) is 0 Å². The van der Waals surface area contributed by atoms with Crippen LogP contribution in [0.15, 0.2) is 24.3 Å². The second-order valence-corrected chi connectivity index (χ2v) is 6.02. The molecule has 0 bridgehead atoms. The summed E-state index contributed by atoms with van der Waals surface area (Å²) in [6.07, 6.45) is 7.56. The fraction of sp³-hybridized carbons (Fsp3) is 0.562. The summed E-state index contributed by atoms with van der Waals surface area (Å²) in [6, 6.07) is 7.66. The molecule has 1 rings (SSSR count). The Bertz CT molecular complexity index is 392. The van der Waals surface area contributed by atoms with E-state index in [0.717, 1.165) is 17.9 Å². The summed E-state index contributed by atoms with van der Waals surface area (Å²) in [5.74, 6) is 0.808. The zero-order chi connectivity index (χ0) is 14.8. The Morgan fingerprint density at radius 3 is 2.60 bits per heavy atom. The number of unbranched alkanes of at least 4 members (excludes halogenated alkanes) is 2. The molecular weight excluding hydrogens is 268 g/mol. The SMILES string of the molecule is CCCCCc1ccc(NC(=O)[C@@H](N)CCSC)cc1. The fourth-order valence-corrected chi connectivity index (χ4v) is 2.43. The van der Waals surface area contributed by atoms with Crippen molar-refractivity contribution in [2.45, 2.75) is 45.1 Å². The summed E-state index contributed by atoms with van der Waals surface area (Å²) < 4.78 is 0. The van der Waals surface area contributed by atoms with E-state index >= 15 is 0 Å². The number of amides is 1. The van der Waals surface area contributed by atoms with Gasteiger partial charge in [-0.3, -0.25) is 4.79 Å². The Morgan fingerprint density at radius 2 is 2.00 bits per heavy atom. The van der Waals surface area contributed by atoms with Gasteiger partial charge in [0.05, 0.1) is 6.04 Å². The predicted molar refractivity (Wildman–Crippen MR) is 89.3 cm³/mol. The molecule has 1 amide bonds. The zero-order valence-corrected chi connectivity index (χ0v) is 13.3. The van der Waals surface area contributed by atoms with Crippen molar-refractivity contribution >= 4 is 23.4 Å². The molecule has 1 aromatic carbocycles. The van der Waals surface area contributed by atoms with Gasteiger partial charge >= 0.3 is 0 Å². The number of nitrogens with one attached hydrogen (secondary N) is 1. The average molecular weight is 294 g/mol. The molecule has 4 heteroatoms. The highest BCUT2D eigenvalue weighted by Crippen LogP contribution is 2.13. The van der Waals surface area contributed by atoms with Gasteiger partial charge in [0.15, 0.2) is 0 Å². The van der Waals surface area contributed by atoms with E-state index in [0.29, 0.717) is 6.42 Å². The highest BCUT2D eigenvalue weighted by Gasteiger charge is 2.12. The minimum atomic E-state index is -0.424. The van der Waals surface area contributed by atoms with Crippen LogP contribution in [0.2, 0.25) is 0 Å². The number of aryl methyl sites for hydroxylation is 1. The second kappa shape index (κ2) is 9.83. The summed E-state index contributed by atoms with van der Waals surface area (Å²) >= 11 is 1.70. The third-order valence-electron chi connectivity index (χ3n) is 3.26. The monoisotopic (exact) mass is 294 g/mol. The van der Waals surface area contributed by atoms with Crippen LogP contribution in [-0.2, 0) is 11.2 Å². The van der Waals surface area contributed by atoms with Crippen molar-refractivity contribution in [3.8, 4) is 0 Å². The van der Waals surface area contributed by atoms with Gasteiger partial charge in [0.1, 0.15) is 0 Å². The first-order valence-corrected chi connectivity index (χ1v) is 8.71. The molecule has 3 N–H and O–H groups in total. The summed E-state index contributed by atoms with van der Waals surface area (Å²) in [4.78, 5) is 11.9. The van der Waals surface area contributed by atoms with Crippen molar-refractivity contribution in [1.29, 1.82) is 0 Å². The van der Waals surface area contributed by atoms with Crippen molar-refractivity contribution in [1.82, 2.24) is 0 Å². The van der Waals surface area contributed by atoms with Gasteiger partial charge in [-0.1, -0.05) is 31.9 Å². The number of benzene rings is 1. The molecule has 0 fully saturated rings. The van der Waals surface area contributed by atoms with Crippen molar-refractivity contribution in [3.05, 3.63) is 29.8 Å². The maximum absolute atomic E-state index is 11.9. The maximum Gasteiger partial charge on any atom is 0.241 e. The molecular formula is C16H26N2OS. The first-order chi connectivity index (χ1) is 9.67. The van der Waals surface area contributed by atoms with Crippen molar-refractivity contribution in [2.75, 3.05) is 17.3 Å². The Hall–Kier alpha value is -1.00. The summed E-state index contributed by atoms with van der Waals surface area (Å²) in [5.41, 5.74) is 7.99. The standard InChI is InChI=1S/C16H26N2OS/c1-3-4-5-6-13-7-9-14(10-8-13)18-16(19)15(17)11-12-20-2/h7-10,15H,3-6,11-12,17H2,1-2H3,(H,18,19)/t15-/m0/s1. The van der Waals surface area contributed by atoms with E-state index in [1.54, 1.807) is 11.8 Å². The molecule has 0 aromatic heterocycles. The first kappa shape index (κ1) is 17.1. The average Bonchev–Trinajstić information content (AvgIpc) is 2.46. The number of carbonyl (C=O) groups excluding carboxylic acids is 1. The smallest absolute Gasteiger partial charge is 0.241 e. The van der Waals surface area contributed by atoms with E-state index in [1.807, 2.05) is 18.4 Å². The van der Waals surface area contributed by atoms with E-state index in [1.165, 1.54) is 24.8 Å². The molecule has 0 saturated carbocycles. The first-order valence-electron chi connectivity index (χ1n) is 7.31. The Balaban J connectivity index is 2.42. The van der Waals surface area contributed by atoms with Crippen molar-refractivity contribution in [3.63, 3.8) is 0 Å². The highest BCUT2D eigenvalue weighted by molar-refractivity contribution is 7.98. The normalized spacial score (nSPS) is 12.2. The largest absolute Gasteiger partial charge is 0.325 e. The van der Waals surface area contributed by atoms with Crippen LogP contribution in [0.4, 0.5) is 5.69 Å². The number of hydrogen-bond acceptors (Lipinski definition) is 3. The third-order valence-corrected chi connectivity index (χ3v) is 3.90. The van der Waals surface area contributed by atoms with Crippen LogP contribution in [0.25, 0.3) is 0 Å². The summed E-state index contributed by atoms with van der Waals surface area (Å²) in [6.45, 7) is 2.21. The van der Waals surface area contributed by atoms with Crippen molar-refractivity contribution < 1.29 is 4.79 Å². The van der Waals surface area contributed by atoms with Gasteiger partial charge in [0, 0.05) is 5.69 Å². The van der Waals surface area contributed by atoms with Crippen molar-refractivity contribution in [2.24, 2.45) is 5.73 Å². The Morgan fingerprint density at radius 1 is 1.30 bits per heavy atom. The lowest BCUT2D eigenvalue weighted by molar-refractivity contribution is -0.117. The molecule has 0 aliphatic heterocycles. The number of thioether (sulfide) groups is 1. The molecule has 1 aromatic rings. The Labute approximate surface area is 126 Å². The predicted octanol–water partition coefficient (Wildman–Crippen LogP) is 3.44. The maximum atomic E-state index is 11.9. The zero-order valence-electron chi connectivity index (χ0n) is 12.5. The quantitative estimate of drug-likeness (QED) is 0.686. The van der Waals surface area contributed by atoms with Crippen LogP contribution in [0.3, 0.4) is 0 Å². The molecule has 112 valence electrons. The van der Waals surface area contributed by atoms with E-state index in [4.69, 9.17) is 5.73 Å². The third kappa shape index (κ3) is 6.44. The van der Waals surface area contributed by atoms with Crippen LogP contribution < -0.4 is 11.1 Å². The number of carbonyl (C=O) groups is 1. The molecule has 0 saturated heterocycles. The van der Waals surface area contributed by atoms with Crippen LogP contribution in [0, 0.1) is 0 Å². The van der Waals surface area contributed by atoms with E-state index in [9.17, 15) is 4.79 Å². The second-order valence-electron chi connectivity index (χ2n) is 5.03. The number of nitrogens with two attached hydrogens (primary N) is 1. The lowest BCUT2D eigenvalue weighted by Gasteiger charge is -2.12. The van der Waals surface area contributed by atoms with E-state index < -0.39 is 6.04 Å². The molecule has 0 heterocycles. The number of anilines is 1. The molecule has 0 aliphatic rings. The number of rotatable bonds is 9. The van der Waals surface area contributed by atoms with E-state index in [2.05, 4.69) is 24.4 Å². The Kier molecular flexibility index (Phi) is 8.38. The molecule has 0 unspecified atom stereocenters. The number of hydrogen-bond donors (Lipinski definition) is 2. The van der Waals surface area contributed by atoms with Crippen LogP contribution >= 0.6 is 11.8 Å². The van der Waals surface area contributed by atoms with E-state index in [-0.39, 0.29) is 5.91 Å². The van der Waals surface area contributed by atoms with Gasteiger partial charge < -0.3 is 11.1 Å². The van der Waals surface area contributed by atoms with Gasteiger partial charge in [-0.2, -0.15) is 11.8 Å². The van der Waals surface area contributed by atoms with Gasteiger partial charge in [0.25, 0.3) is 0 Å². The van der Waals surface area contributed by atoms with Gasteiger partial charge in [0.2, 0.25) is 5.91 Å². The van der Waals surface area contributed by atoms with Gasteiger partial charge in [-0.25, -0.2) is 0 Å². The molecule has 0 spiro atoms. The van der Waals surface area contributed by atoms with Crippen LogP contribution in [-0.4, -0.2) is 24.0 Å². The van der Waals surface area contributed by atoms with Crippen LogP contribution in [0.1, 0.15) is 38.2 Å². The molecule has 20 heavy (non-hydrogen) atoms. The highest BCUT2D eigenvalue weighted by atomic mass is 32.2. The minimum absolute atomic E-state index is 0.0993. The van der Waals surface area contributed by atoms with Gasteiger partial charge in [-0.05, 0) is 49.0 Å². The fourth-order valence-electron chi connectivity index (χ4n) is 1.94. The lowest BCUT2D eigenvalue weighted by atomic mass is 10.1. The lowest BCUT2D eigenvalue weighted by Crippen LogP contribution is -2.36. The minimum Gasteiger partial charge on any atom is -0.325 e. The van der Waals surface area contributed by atoms with Gasteiger partial charge in [-0.15, -0.1) is 0 Å². The summed E-state index contributed by atoms with van der Waals surface area (Å²) in [5, 5.41) is 2.87. The molecule has 3 nitrogen and oxygen atoms in total. The molecule has 0 aliphatic carbocycles.